The van der Waals surface area contributed by atoms with E-state index in [0.717, 1.165) is 12.2 Å². The fourth-order valence-corrected chi connectivity index (χ4v) is 1.27. The van der Waals surface area contributed by atoms with Gasteiger partial charge in [0.2, 0.25) is 0 Å². The van der Waals surface area contributed by atoms with Crippen LogP contribution < -0.4 is 0 Å². The molecule has 2 nitrogen and oxygen atoms in total. The molecule has 0 spiro atoms. The lowest BCUT2D eigenvalue weighted by Gasteiger charge is -2.03. The third-order valence-corrected chi connectivity index (χ3v) is 1.99. The van der Waals surface area contributed by atoms with Gasteiger partial charge in [-0.05, 0) is 12.5 Å². The van der Waals surface area contributed by atoms with Crippen LogP contribution in [0.15, 0.2) is 42.9 Å². The average Bonchev–Trinajstić information content (AvgIpc) is 2.54. The van der Waals surface area contributed by atoms with E-state index in [1.54, 1.807) is 12.5 Å². The molecule has 1 radical (unpaired) electrons. The highest BCUT2D eigenvalue weighted by atomic mass is 15.0. The van der Waals surface area contributed by atoms with E-state index >= 15 is 0 Å². The lowest BCUT2D eigenvalue weighted by Crippen LogP contribution is -1.99. The van der Waals surface area contributed by atoms with E-state index in [2.05, 4.69) is 24.0 Å². The molecule has 0 bridgehead atoms. The SMILES string of the molecule is [CH2]c1cncn1Cc1ccccc1. The van der Waals surface area contributed by atoms with Crippen LogP contribution in [0.2, 0.25) is 0 Å². The van der Waals surface area contributed by atoms with Crippen LogP contribution in [0.1, 0.15) is 11.3 Å². The molecule has 1 aromatic heterocycles. The predicted octanol–water partition coefficient (Wildman–Crippen LogP) is 2.11. The van der Waals surface area contributed by atoms with Crippen molar-refractivity contribution in [2.45, 2.75) is 6.54 Å². The molecule has 0 saturated heterocycles. The molecule has 0 fully saturated rings. The van der Waals surface area contributed by atoms with Gasteiger partial charge in [0.05, 0.1) is 6.33 Å². The Labute approximate surface area is 77.9 Å². The summed E-state index contributed by atoms with van der Waals surface area (Å²) in [6.45, 7) is 4.72. The largest absolute Gasteiger partial charge is 0.330 e. The summed E-state index contributed by atoms with van der Waals surface area (Å²) in [7, 11) is 0. The van der Waals surface area contributed by atoms with Crippen molar-refractivity contribution in [2.75, 3.05) is 0 Å². The number of hydrogen-bond donors (Lipinski definition) is 0. The van der Waals surface area contributed by atoms with Gasteiger partial charge >= 0.3 is 0 Å². The normalized spacial score (nSPS) is 10.2. The highest BCUT2D eigenvalue weighted by molar-refractivity contribution is 5.16. The number of benzene rings is 1. The molecule has 2 rings (SSSR count). The van der Waals surface area contributed by atoms with E-state index in [4.69, 9.17) is 0 Å². The second kappa shape index (κ2) is 3.44. The molecule has 0 N–H and O–H groups in total. The first-order valence-electron chi connectivity index (χ1n) is 4.22. The van der Waals surface area contributed by atoms with Gasteiger partial charge in [-0.25, -0.2) is 4.98 Å². The maximum absolute atomic E-state index is 4.02. The summed E-state index contributed by atoms with van der Waals surface area (Å²) in [4.78, 5) is 4.02. The molecule has 0 saturated carbocycles. The van der Waals surface area contributed by atoms with E-state index in [9.17, 15) is 0 Å². The number of rotatable bonds is 2. The molecular formula is C11H11N2. The van der Waals surface area contributed by atoms with Gasteiger partial charge in [0.1, 0.15) is 0 Å². The molecule has 65 valence electrons. The lowest BCUT2D eigenvalue weighted by molar-refractivity contribution is 0.783. The fraction of sp³-hybridized carbons (Fsp3) is 0.0909. The Balaban J connectivity index is 2.20. The summed E-state index contributed by atoms with van der Waals surface area (Å²) in [6, 6.07) is 10.3. The Kier molecular flexibility index (Phi) is 2.13. The summed E-state index contributed by atoms with van der Waals surface area (Å²) in [6.07, 6.45) is 3.57. The quantitative estimate of drug-likeness (QED) is 0.676. The lowest BCUT2D eigenvalue weighted by atomic mass is 10.2. The van der Waals surface area contributed by atoms with Gasteiger partial charge in [-0.15, -0.1) is 0 Å². The van der Waals surface area contributed by atoms with Crippen molar-refractivity contribution in [2.24, 2.45) is 0 Å². The highest BCUT2D eigenvalue weighted by Gasteiger charge is 1.96. The van der Waals surface area contributed by atoms with Crippen LogP contribution in [0.3, 0.4) is 0 Å². The second-order valence-electron chi connectivity index (χ2n) is 3.00. The summed E-state index contributed by atoms with van der Waals surface area (Å²) in [5.41, 5.74) is 2.22. The first kappa shape index (κ1) is 8.05. The van der Waals surface area contributed by atoms with Gasteiger partial charge in [0.15, 0.2) is 0 Å². The zero-order chi connectivity index (χ0) is 9.10. The van der Waals surface area contributed by atoms with Gasteiger partial charge < -0.3 is 4.57 Å². The predicted molar refractivity (Wildman–Crippen MR) is 52.2 cm³/mol. The van der Waals surface area contributed by atoms with Crippen molar-refractivity contribution in [1.29, 1.82) is 0 Å². The summed E-state index contributed by atoms with van der Waals surface area (Å²) >= 11 is 0. The minimum atomic E-state index is 0.847. The molecule has 0 aliphatic carbocycles. The van der Waals surface area contributed by atoms with E-state index in [1.807, 2.05) is 22.8 Å². The molecule has 1 aromatic carbocycles. The van der Waals surface area contributed by atoms with Crippen molar-refractivity contribution >= 4 is 0 Å². The molecule has 0 aliphatic rings. The standard InChI is InChI=1S/C11H11N2/c1-10-7-12-9-13(10)8-11-5-3-2-4-6-11/h2-7,9H,1,8H2. The average molecular weight is 171 g/mol. The number of nitrogens with zero attached hydrogens (tertiary/aromatic N) is 2. The minimum absolute atomic E-state index is 0.847. The van der Waals surface area contributed by atoms with Crippen LogP contribution in [0.5, 0.6) is 0 Å². The van der Waals surface area contributed by atoms with Crippen LogP contribution in [0.4, 0.5) is 0 Å². The van der Waals surface area contributed by atoms with Crippen LogP contribution >= 0.6 is 0 Å². The Morgan fingerprint density at radius 1 is 1.23 bits per heavy atom. The Hall–Kier alpha value is -1.57. The van der Waals surface area contributed by atoms with Gasteiger partial charge in [-0.2, -0.15) is 0 Å². The molecule has 2 heteroatoms. The van der Waals surface area contributed by atoms with Crippen molar-refractivity contribution in [3.63, 3.8) is 0 Å². The summed E-state index contributed by atoms with van der Waals surface area (Å²) in [5.74, 6) is 0. The van der Waals surface area contributed by atoms with Crippen LogP contribution in [0.25, 0.3) is 0 Å². The monoisotopic (exact) mass is 171 g/mol. The zero-order valence-electron chi connectivity index (χ0n) is 7.35. The maximum atomic E-state index is 4.02. The molecule has 0 amide bonds. The van der Waals surface area contributed by atoms with E-state index < -0.39 is 0 Å². The van der Waals surface area contributed by atoms with E-state index in [0.29, 0.717) is 0 Å². The van der Waals surface area contributed by atoms with E-state index in [1.165, 1.54) is 5.56 Å². The molecular weight excluding hydrogens is 160 g/mol. The van der Waals surface area contributed by atoms with Crippen LogP contribution in [-0.4, -0.2) is 9.55 Å². The molecule has 0 aliphatic heterocycles. The fourth-order valence-electron chi connectivity index (χ4n) is 1.27. The van der Waals surface area contributed by atoms with Crippen molar-refractivity contribution in [3.05, 3.63) is 61.0 Å². The molecule has 0 atom stereocenters. The van der Waals surface area contributed by atoms with Crippen LogP contribution in [0, 0.1) is 6.92 Å². The molecule has 13 heavy (non-hydrogen) atoms. The Morgan fingerprint density at radius 3 is 2.62 bits per heavy atom. The first-order chi connectivity index (χ1) is 6.36. The maximum Gasteiger partial charge on any atom is 0.0951 e. The topological polar surface area (TPSA) is 17.8 Å². The Bertz CT molecular complexity index is 376. The summed E-state index contributed by atoms with van der Waals surface area (Å²) in [5, 5.41) is 0. The van der Waals surface area contributed by atoms with Gasteiger partial charge in [-0.3, -0.25) is 0 Å². The van der Waals surface area contributed by atoms with Gasteiger partial charge in [0, 0.05) is 18.4 Å². The van der Waals surface area contributed by atoms with Gasteiger partial charge in [-0.1, -0.05) is 30.3 Å². The van der Waals surface area contributed by atoms with Crippen LogP contribution in [-0.2, 0) is 6.54 Å². The van der Waals surface area contributed by atoms with Crippen molar-refractivity contribution in [3.8, 4) is 0 Å². The molecule has 1 heterocycles. The Morgan fingerprint density at radius 2 is 2.00 bits per heavy atom. The highest BCUT2D eigenvalue weighted by Crippen LogP contribution is 2.04. The summed E-state index contributed by atoms with van der Waals surface area (Å²) < 4.78 is 2.02. The zero-order valence-corrected chi connectivity index (χ0v) is 7.35. The number of imidazole rings is 1. The molecule has 2 aromatic rings. The smallest absolute Gasteiger partial charge is 0.0951 e. The van der Waals surface area contributed by atoms with E-state index in [-0.39, 0.29) is 0 Å². The van der Waals surface area contributed by atoms with Gasteiger partial charge in [0.25, 0.3) is 0 Å². The van der Waals surface area contributed by atoms with Crippen molar-refractivity contribution in [1.82, 2.24) is 9.55 Å². The first-order valence-corrected chi connectivity index (χ1v) is 4.22. The number of aromatic nitrogens is 2. The van der Waals surface area contributed by atoms with Crippen molar-refractivity contribution < 1.29 is 0 Å². The molecule has 0 unspecified atom stereocenters. The third kappa shape index (κ3) is 1.78. The number of hydrogen-bond acceptors (Lipinski definition) is 1. The second-order valence-corrected chi connectivity index (χ2v) is 3.00. The third-order valence-electron chi connectivity index (χ3n) is 1.99. The minimum Gasteiger partial charge on any atom is -0.330 e.